The van der Waals surface area contributed by atoms with Gasteiger partial charge in [0.05, 0.1) is 6.61 Å². The Balaban J connectivity index is 2.67. The molecule has 1 aliphatic carbocycles. The van der Waals surface area contributed by atoms with Crippen molar-refractivity contribution in [3.63, 3.8) is 0 Å². The summed E-state index contributed by atoms with van der Waals surface area (Å²) in [5.41, 5.74) is 0.428. The van der Waals surface area contributed by atoms with Gasteiger partial charge in [-0.25, -0.2) is 0 Å². The number of nitrogens with one attached hydrogen (secondary N) is 1. The van der Waals surface area contributed by atoms with Crippen LogP contribution in [0.5, 0.6) is 0 Å². The highest BCUT2D eigenvalue weighted by molar-refractivity contribution is 4.93. The Morgan fingerprint density at radius 1 is 1.26 bits per heavy atom. The third-order valence-electron chi connectivity index (χ3n) is 4.72. The van der Waals surface area contributed by atoms with E-state index in [2.05, 4.69) is 45.0 Å². The molecule has 0 aromatic rings. The van der Waals surface area contributed by atoms with Crippen LogP contribution in [0.3, 0.4) is 0 Å². The lowest BCUT2D eigenvalue weighted by Gasteiger charge is -2.45. The van der Waals surface area contributed by atoms with E-state index in [1.165, 1.54) is 19.3 Å². The number of likely N-dealkylation sites (N-methyl/N-ethyl adjacent to an activating group) is 2. The van der Waals surface area contributed by atoms with E-state index >= 15 is 0 Å². The van der Waals surface area contributed by atoms with Gasteiger partial charge >= 0.3 is 0 Å². The zero-order chi connectivity index (χ0) is 14.5. The number of nitrogens with zero attached hydrogens (tertiary/aromatic N) is 1. The fourth-order valence-electron chi connectivity index (χ4n) is 3.32. The Hall–Kier alpha value is -0.120. The maximum Gasteiger partial charge on any atom is 0.0589 e. The van der Waals surface area contributed by atoms with Crippen molar-refractivity contribution in [2.24, 2.45) is 11.3 Å². The molecule has 0 aromatic carbocycles. The van der Waals surface area contributed by atoms with E-state index in [9.17, 15) is 0 Å². The molecule has 19 heavy (non-hydrogen) atoms. The first-order valence-electron chi connectivity index (χ1n) is 7.82. The molecular formula is C16H34N2O. The summed E-state index contributed by atoms with van der Waals surface area (Å²) in [6.07, 6.45) is 3.97. The van der Waals surface area contributed by atoms with Crippen LogP contribution in [0.15, 0.2) is 0 Å². The van der Waals surface area contributed by atoms with Crippen LogP contribution >= 0.6 is 0 Å². The molecule has 0 saturated heterocycles. The minimum absolute atomic E-state index is 0.428. The van der Waals surface area contributed by atoms with E-state index in [1.54, 1.807) is 7.11 Å². The third-order valence-corrected chi connectivity index (χ3v) is 4.72. The Labute approximate surface area is 120 Å². The van der Waals surface area contributed by atoms with Crippen molar-refractivity contribution in [1.82, 2.24) is 10.2 Å². The van der Waals surface area contributed by atoms with Gasteiger partial charge in [-0.05, 0) is 44.2 Å². The van der Waals surface area contributed by atoms with Crippen LogP contribution in [0.4, 0.5) is 0 Å². The highest BCUT2D eigenvalue weighted by Crippen LogP contribution is 2.39. The first kappa shape index (κ1) is 16.9. The van der Waals surface area contributed by atoms with Gasteiger partial charge in [0.15, 0.2) is 0 Å². The molecule has 3 nitrogen and oxygen atoms in total. The van der Waals surface area contributed by atoms with Crippen molar-refractivity contribution < 1.29 is 4.74 Å². The van der Waals surface area contributed by atoms with Crippen LogP contribution in [0.1, 0.15) is 47.0 Å². The summed E-state index contributed by atoms with van der Waals surface area (Å²) in [6.45, 7) is 12.3. The van der Waals surface area contributed by atoms with Gasteiger partial charge < -0.3 is 10.1 Å². The van der Waals surface area contributed by atoms with Crippen LogP contribution < -0.4 is 5.32 Å². The zero-order valence-electron chi connectivity index (χ0n) is 13.8. The second kappa shape index (κ2) is 7.61. The van der Waals surface area contributed by atoms with E-state index in [0.29, 0.717) is 17.5 Å². The molecule has 0 heterocycles. The van der Waals surface area contributed by atoms with E-state index in [4.69, 9.17) is 4.74 Å². The van der Waals surface area contributed by atoms with E-state index in [0.717, 1.165) is 25.6 Å². The van der Waals surface area contributed by atoms with E-state index < -0.39 is 0 Å². The average Bonchev–Trinajstić information content (AvgIpc) is 2.35. The molecule has 3 unspecified atom stereocenters. The monoisotopic (exact) mass is 270 g/mol. The maximum absolute atomic E-state index is 5.23. The van der Waals surface area contributed by atoms with Crippen LogP contribution in [0.2, 0.25) is 0 Å². The quantitative estimate of drug-likeness (QED) is 0.803. The van der Waals surface area contributed by atoms with Crippen LogP contribution in [0.25, 0.3) is 0 Å². The zero-order valence-corrected chi connectivity index (χ0v) is 13.8. The number of rotatable bonds is 6. The lowest BCUT2D eigenvalue weighted by Crippen LogP contribution is -2.53. The lowest BCUT2D eigenvalue weighted by molar-refractivity contribution is 0.0572. The standard InChI is InChI=1S/C16H34N2O/c1-7-17-14-9-8-13(16(2,3)4)12-15(14)18(5)10-11-19-6/h13-15,17H,7-12H2,1-6H3. The summed E-state index contributed by atoms with van der Waals surface area (Å²) in [4.78, 5) is 2.49. The highest BCUT2D eigenvalue weighted by atomic mass is 16.5. The molecule has 1 fully saturated rings. The van der Waals surface area contributed by atoms with Gasteiger partial charge in [-0.2, -0.15) is 0 Å². The minimum Gasteiger partial charge on any atom is -0.383 e. The average molecular weight is 270 g/mol. The van der Waals surface area contributed by atoms with Crippen molar-refractivity contribution in [1.29, 1.82) is 0 Å². The van der Waals surface area contributed by atoms with Crippen LogP contribution in [-0.4, -0.2) is 50.8 Å². The summed E-state index contributed by atoms with van der Waals surface area (Å²) >= 11 is 0. The minimum atomic E-state index is 0.428. The van der Waals surface area contributed by atoms with Gasteiger partial charge in [-0.15, -0.1) is 0 Å². The summed E-state index contributed by atoms with van der Waals surface area (Å²) in [7, 11) is 4.04. The van der Waals surface area contributed by atoms with Gasteiger partial charge in [0, 0.05) is 25.7 Å². The molecule has 1 saturated carbocycles. The summed E-state index contributed by atoms with van der Waals surface area (Å²) in [6, 6.07) is 1.29. The molecule has 3 atom stereocenters. The second-order valence-corrected chi connectivity index (χ2v) is 7.08. The largest absolute Gasteiger partial charge is 0.383 e. The molecule has 3 heteroatoms. The fourth-order valence-corrected chi connectivity index (χ4v) is 3.32. The summed E-state index contributed by atoms with van der Waals surface area (Å²) in [5.74, 6) is 0.831. The molecule has 1 N–H and O–H groups in total. The van der Waals surface area contributed by atoms with Gasteiger partial charge in [-0.3, -0.25) is 4.90 Å². The van der Waals surface area contributed by atoms with Crippen molar-refractivity contribution in [2.45, 2.75) is 59.0 Å². The van der Waals surface area contributed by atoms with E-state index in [1.807, 2.05) is 0 Å². The molecule has 0 amide bonds. The Bertz CT molecular complexity index is 250. The smallest absolute Gasteiger partial charge is 0.0589 e. The lowest BCUT2D eigenvalue weighted by atomic mass is 9.69. The molecule has 114 valence electrons. The SMILES string of the molecule is CCNC1CCC(C(C)(C)C)CC1N(C)CCOC. The molecule has 0 radical (unpaired) electrons. The van der Waals surface area contributed by atoms with Crippen LogP contribution in [-0.2, 0) is 4.74 Å². The van der Waals surface area contributed by atoms with Crippen molar-refractivity contribution in [2.75, 3.05) is 33.9 Å². The van der Waals surface area contributed by atoms with Crippen LogP contribution in [0, 0.1) is 11.3 Å². The first-order chi connectivity index (χ1) is 8.90. The predicted molar refractivity (Wildman–Crippen MR) is 82.6 cm³/mol. The van der Waals surface area contributed by atoms with Crippen molar-refractivity contribution in [3.8, 4) is 0 Å². The number of ether oxygens (including phenoxy) is 1. The molecular weight excluding hydrogens is 236 g/mol. The topological polar surface area (TPSA) is 24.5 Å². The van der Waals surface area contributed by atoms with Crippen molar-refractivity contribution in [3.05, 3.63) is 0 Å². The van der Waals surface area contributed by atoms with Gasteiger partial charge in [0.25, 0.3) is 0 Å². The Morgan fingerprint density at radius 3 is 2.47 bits per heavy atom. The summed E-state index contributed by atoms with van der Waals surface area (Å²) in [5, 5.41) is 3.68. The third kappa shape index (κ3) is 5.05. The molecule has 0 spiro atoms. The van der Waals surface area contributed by atoms with Gasteiger partial charge in [-0.1, -0.05) is 27.7 Å². The highest BCUT2D eigenvalue weighted by Gasteiger charge is 2.37. The Kier molecular flexibility index (Phi) is 6.78. The normalized spacial score (nSPS) is 28.9. The van der Waals surface area contributed by atoms with E-state index in [-0.39, 0.29) is 0 Å². The van der Waals surface area contributed by atoms with Gasteiger partial charge in [0.1, 0.15) is 0 Å². The number of hydrogen-bond donors (Lipinski definition) is 1. The molecule has 0 bridgehead atoms. The molecule has 1 rings (SSSR count). The van der Waals surface area contributed by atoms with Crippen molar-refractivity contribution >= 4 is 0 Å². The number of hydrogen-bond acceptors (Lipinski definition) is 3. The molecule has 0 aliphatic heterocycles. The predicted octanol–water partition coefficient (Wildman–Crippen LogP) is 2.76. The Morgan fingerprint density at radius 2 is 1.95 bits per heavy atom. The fraction of sp³-hybridized carbons (Fsp3) is 1.00. The number of methoxy groups -OCH3 is 1. The summed E-state index contributed by atoms with van der Waals surface area (Å²) < 4.78 is 5.23. The van der Waals surface area contributed by atoms with Gasteiger partial charge in [0.2, 0.25) is 0 Å². The maximum atomic E-state index is 5.23. The molecule has 0 aromatic heterocycles. The second-order valence-electron chi connectivity index (χ2n) is 7.08. The first-order valence-corrected chi connectivity index (χ1v) is 7.82. The molecule has 1 aliphatic rings.